The molecule has 1 aromatic carbocycles. The molecule has 2 aromatic rings. The van der Waals surface area contributed by atoms with Crippen LogP contribution in [0.3, 0.4) is 0 Å². The van der Waals surface area contributed by atoms with Crippen LogP contribution in [0.25, 0.3) is 11.1 Å². The number of carbonyl (C=O) groups excluding carboxylic acids is 1. The van der Waals surface area contributed by atoms with Gasteiger partial charge in [0.05, 0.1) is 0 Å². The minimum Gasteiger partial charge on any atom is -0.343 e. The maximum absolute atomic E-state index is 12.6. The van der Waals surface area contributed by atoms with Crippen LogP contribution in [0.2, 0.25) is 5.02 Å². The van der Waals surface area contributed by atoms with Crippen molar-refractivity contribution in [1.82, 2.24) is 9.47 Å². The molecule has 2 heterocycles. The average molecular weight is 303 g/mol. The van der Waals surface area contributed by atoms with E-state index in [0.29, 0.717) is 0 Å². The van der Waals surface area contributed by atoms with Gasteiger partial charge in [-0.1, -0.05) is 23.7 Å². The number of halogens is 1. The van der Waals surface area contributed by atoms with E-state index in [1.54, 1.807) is 0 Å². The average Bonchev–Trinajstić information content (AvgIpc) is 3.17. The summed E-state index contributed by atoms with van der Waals surface area (Å²) in [6.07, 6.45) is 4.28. The van der Waals surface area contributed by atoms with Gasteiger partial charge in [0.2, 0.25) is 0 Å². The Morgan fingerprint density at radius 1 is 1.14 bits per heavy atom. The molecule has 0 saturated carbocycles. The number of hydrogen-bond donors (Lipinski definition) is 0. The first-order chi connectivity index (χ1) is 10.2. The molecule has 110 valence electrons. The van der Waals surface area contributed by atoms with Gasteiger partial charge in [0.1, 0.15) is 5.69 Å². The Labute approximate surface area is 130 Å². The van der Waals surface area contributed by atoms with Gasteiger partial charge in [-0.05, 0) is 43.5 Å². The fraction of sp³-hybridized carbons (Fsp3) is 0.353. The molecule has 21 heavy (non-hydrogen) atoms. The zero-order chi connectivity index (χ0) is 14.8. The van der Waals surface area contributed by atoms with E-state index in [-0.39, 0.29) is 5.91 Å². The Morgan fingerprint density at radius 3 is 2.43 bits per heavy atom. The Morgan fingerprint density at radius 2 is 1.81 bits per heavy atom. The third-order valence-corrected chi connectivity index (χ3v) is 4.28. The smallest absolute Gasteiger partial charge is 0.270 e. The monoisotopic (exact) mass is 302 g/mol. The topological polar surface area (TPSA) is 25.2 Å². The normalized spacial score (nSPS) is 14.7. The highest BCUT2D eigenvalue weighted by atomic mass is 35.5. The number of aryl methyl sites for hydroxylation is 1. The van der Waals surface area contributed by atoms with Crippen LogP contribution in [-0.4, -0.2) is 28.5 Å². The zero-order valence-electron chi connectivity index (χ0n) is 12.2. The van der Waals surface area contributed by atoms with Crippen molar-refractivity contribution in [1.29, 1.82) is 0 Å². The number of rotatable bonds is 3. The molecule has 3 nitrogen and oxygen atoms in total. The first-order valence-electron chi connectivity index (χ1n) is 7.44. The van der Waals surface area contributed by atoms with Gasteiger partial charge in [0, 0.05) is 36.4 Å². The highest BCUT2D eigenvalue weighted by Crippen LogP contribution is 2.25. The fourth-order valence-corrected chi connectivity index (χ4v) is 2.96. The molecule has 3 rings (SSSR count). The third kappa shape index (κ3) is 2.84. The molecule has 0 radical (unpaired) electrons. The van der Waals surface area contributed by atoms with Crippen molar-refractivity contribution in [2.45, 2.75) is 26.3 Å². The SMILES string of the molecule is CCn1cc(-c2ccc(Cl)cc2)cc1C(=O)N1CCCC1. The summed E-state index contributed by atoms with van der Waals surface area (Å²) in [5, 5.41) is 0.724. The predicted molar refractivity (Wildman–Crippen MR) is 85.7 cm³/mol. The van der Waals surface area contributed by atoms with E-state index in [9.17, 15) is 4.79 Å². The molecule has 1 aromatic heterocycles. The lowest BCUT2D eigenvalue weighted by Crippen LogP contribution is -2.29. The largest absolute Gasteiger partial charge is 0.343 e. The number of likely N-dealkylation sites (tertiary alicyclic amines) is 1. The van der Waals surface area contributed by atoms with Crippen molar-refractivity contribution in [3.05, 3.63) is 47.2 Å². The molecule has 0 atom stereocenters. The number of carbonyl (C=O) groups is 1. The van der Waals surface area contributed by atoms with Gasteiger partial charge >= 0.3 is 0 Å². The molecule has 1 aliphatic rings. The quantitative estimate of drug-likeness (QED) is 0.839. The lowest BCUT2D eigenvalue weighted by molar-refractivity contribution is 0.0782. The van der Waals surface area contributed by atoms with E-state index in [2.05, 4.69) is 6.92 Å². The minimum atomic E-state index is 0.148. The maximum Gasteiger partial charge on any atom is 0.270 e. The molecule has 0 bridgehead atoms. The Balaban J connectivity index is 1.94. The second kappa shape index (κ2) is 5.94. The van der Waals surface area contributed by atoms with Crippen molar-refractivity contribution in [2.24, 2.45) is 0 Å². The van der Waals surface area contributed by atoms with Gasteiger partial charge in [-0.2, -0.15) is 0 Å². The molecule has 1 saturated heterocycles. The minimum absolute atomic E-state index is 0.148. The van der Waals surface area contributed by atoms with Crippen molar-refractivity contribution >= 4 is 17.5 Å². The van der Waals surface area contributed by atoms with Crippen LogP contribution in [0.5, 0.6) is 0 Å². The summed E-state index contributed by atoms with van der Waals surface area (Å²) < 4.78 is 2.03. The number of nitrogens with zero attached hydrogens (tertiary/aromatic N) is 2. The molecule has 0 unspecified atom stereocenters. The van der Waals surface area contributed by atoms with Crippen molar-refractivity contribution in [2.75, 3.05) is 13.1 Å². The van der Waals surface area contributed by atoms with Crippen LogP contribution < -0.4 is 0 Å². The molecule has 4 heteroatoms. The van der Waals surface area contributed by atoms with Crippen LogP contribution in [0.1, 0.15) is 30.3 Å². The van der Waals surface area contributed by atoms with E-state index < -0.39 is 0 Å². The highest BCUT2D eigenvalue weighted by molar-refractivity contribution is 6.30. The van der Waals surface area contributed by atoms with Gasteiger partial charge < -0.3 is 9.47 Å². The number of benzene rings is 1. The Bertz CT molecular complexity index is 639. The number of aromatic nitrogens is 1. The standard InChI is InChI=1S/C17H19ClN2O/c1-2-19-12-14(13-5-7-15(18)8-6-13)11-16(19)17(21)20-9-3-4-10-20/h5-8,11-12H,2-4,9-10H2,1H3. The van der Waals surface area contributed by atoms with Crippen LogP contribution in [-0.2, 0) is 6.54 Å². The van der Waals surface area contributed by atoms with Gasteiger partial charge in [-0.3, -0.25) is 4.79 Å². The Hall–Kier alpha value is -1.74. The summed E-state index contributed by atoms with van der Waals surface area (Å²) in [5.74, 6) is 0.148. The second-order valence-electron chi connectivity index (χ2n) is 5.41. The maximum atomic E-state index is 12.6. The molecular weight excluding hydrogens is 284 g/mol. The third-order valence-electron chi connectivity index (χ3n) is 4.03. The van der Waals surface area contributed by atoms with Crippen LogP contribution in [0.15, 0.2) is 36.5 Å². The van der Waals surface area contributed by atoms with Gasteiger partial charge in [-0.15, -0.1) is 0 Å². The summed E-state index contributed by atoms with van der Waals surface area (Å²) in [6, 6.07) is 9.72. The highest BCUT2D eigenvalue weighted by Gasteiger charge is 2.22. The first kappa shape index (κ1) is 14.2. The van der Waals surface area contributed by atoms with Crippen molar-refractivity contribution in [3.63, 3.8) is 0 Å². The fourth-order valence-electron chi connectivity index (χ4n) is 2.83. The Kier molecular flexibility index (Phi) is 4.02. The molecule has 0 spiro atoms. The summed E-state index contributed by atoms with van der Waals surface area (Å²) in [7, 11) is 0. The zero-order valence-corrected chi connectivity index (χ0v) is 12.9. The summed E-state index contributed by atoms with van der Waals surface area (Å²) in [6.45, 7) is 4.61. The van der Waals surface area contributed by atoms with Crippen LogP contribution in [0, 0.1) is 0 Å². The first-order valence-corrected chi connectivity index (χ1v) is 7.82. The van der Waals surface area contributed by atoms with Gasteiger partial charge in [-0.25, -0.2) is 0 Å². The lowest BCUT2D eigenvalue weighted by atomic mass is 10.1. The van der Waals surface area contributed by atoms with E-state index in [0.717, 1.165) is 54.3 Å². The molecular formula is C17H19ClN2O. The summed E-state index contributed by atoms with van der Waals surface area (Å²) >= 11 is 5.93. The number of hydrogen-bond acceptors (Lipinski definition) is 1. The van der Waals surface area contributed by atoms with E-state index in [4.69, 9.17) is 11.6 Å². The molecule has 0 aliphatic carbocycles. The van der Waals surface area contributed by atoms with Gasteiger partial charge in [0.25, 0.3) is 5.91 Å². The molecule has 1 aliphatic heterocycles. The predicted octanol–water partition coefficient (Wildman–Crippen LogP) is 4.06. The van der Waals surface area contributed by atoms with E-state index in [1.807, 2.05) is 46.0 Å². The summed E-state index contributed by atoms with van der Waals surface area (Å²) in [4.78, 5) is 14.6. The lowest BCUT2D eigenvalue weighted by Gasteiger charge is -2.16. The molecule has 1 amide bonds. The summed E-state index contributed by atoms with van der Waals surface area (Å²) in [5.41, 5.74) is 2.93. The van der Waals surface area contributed by atoms with Crippen LogP contribution in [0.4, 0.5) is 0 Å². The number of amides is 1. The molecule has 1 fully saturated rings. The van der Waals surface area contributed by atoms with E-state index >= 15 is 0 Å². The molecule has 0 N–H and O–H groups in total. The van der Waals surface area contributed by atoms with E-state index in [1.165, 1.54) is 0 Å². The van der Waals surface area contributed by atoms with Crippen LogP contribution >= 0.6 is 11.6 Å². The van der Waals surface area contributed by atoms with Gasteiger partial charge in [0.15, 0.2) is 0 Å². The van der Waals surface area contributed by atoms with Crippen molar-refractivity contribution < 1.29 is 4.79 Å². The second-order valence-corrected chi connectivity index (χ2v) is 5.84. The van der Waals surface area contributed by atoms with Crippen molar-refractivity contribution in [3.8, 4) is 11.1 Å².